The lowest BCUT2D eigenvalue weighted by atomic mass is 10.1. The third-order valence-corrected chi connectivity index (χ3v) is 4.94. The molecule has 0 saturated carbocycles. The van der Waals surface area contributed by atoms with Crippen molar-refractivity contribution in [3.05, 3.63) is 54.1 Å². The number of anilines is 2. The van der Waals surface area contributed by atoms with Crippen molar-refractivity contribution < 1.29 is 18.0 Å². The van der Waals surface area contributed by atoms with Crippen molar-refractivity contribution in [2.24, 2.45) is 5.73 Å². The van der Waals surface area contributed by atoms with Crippen molar-refractivity contribution in [2.45, 2.75) is 11.1 Å². The Hall–Kier alpha value is -2.91. The van der Waals surface area contributed by atoms with Gasteiger partial charge in [0.2, 0.25) is 10.0 Å². The van der Waals surface area contributed by atoms with Crippen molar-refractivity contribution in [1.29, 1.82) is 0 Å². The molecule has 2 amide bonds. The Morgan fingerprint density at radius 2 is 1.71 bits per heavy atom. The first-order valence-corrected chi connectivity index (χ1v) is 8.44. The quantitative estimate of drug-likeness (QED) is 0.641. The smallest absolute Gasteiger partial charge is 0.262 e. The van der Waals surface area contributed by atoms with Gasteiger partial charge in [-0.3, -0.25) is 9.59 Å². The Morgan fingerprint density at radius 3 is 2.46 bits per heavy atom. The molecule has 24 heavy (non-hydrogen) atoms. The van der Waals surface area contributed by atoms with E-state index in [2.05, 4.69) is 15.4 Å². The molecule has 0 bridgehead atoms. The first-order valence-electron chi connectivity index (χ1n) is 6.96. The summed E-state index contributed by atoms with van der Waals surface area (Å²) in [4.78, 5) is 23.8. The molecule has 1 atom stereocenters. The number of amides is 2. The van der Waals surface area contributed by atoms with Crippen LogP contribution in [-0.4, -0.2) is 26.4 Å². The maximum atomic E-state index is 12.4. The fourth-order valence-corrected chi connectivity index (χ4v) is 3.63. The number of hydrogen-bond acceptors (Lipinski definition) is 5. The predicted octanol–water partition coefficient (Wildman–Crippen LogP) is 0.454. The summed E-state index contributed by atoms with van der Waals surface area (Å²) in [7, 11) is -3.82. The summed E-state index contributed by atoms with van der Waals surface area (Å²) in [5.74, 6) is -1.37. The number of nitrogens with one attached hydrogen (secondary N) is 3. The third-order valence-electron chi connectivity index (χ3n) is 3.46. The number of rotatable bonds is 3. The average Bonchev–Trinajstić information content (AvgIpc) is 2.54. The van der Waals surface area contributed by atoms with E-state index in [9.17, 15) is 18.0 Å². The number of nitrogens with two attached hydrogens (primary N) is 1. The van der Waals surface area contributed by atoms with E-state index in [-0.39, 0.29) is 16.1 Å². The minimum atomic E-state index is -3.82. The van der Waals surface area contributed by atoms with Gasteiger partial charge in [0.1, 0.15) is 4.90 Å². The highest BCUT2D eigenvalue weighted by atomic mass is 32.2. The summed E-state index contributed by atoms with van der Waals surface area (Å²) in [6.45, 7) is 0. The van der Waals surface area contributed by atoms with Crippen LogP contribution in [0.25, 0.3) is 0 Å². The van der Waals surface area contributed by atoms with Gasteiger partial charge in [0.15, 0.2) is 6.17 Å². The molecule has 2 aromatic carbocycles. The molecule has 8 nitrogen and oxygen atoms in total. The van der Waals surface area contributed by atoms with Gasteiger partial charge in [0.25, 0.3) is 11.8 Å². The largest absolute Gasteiger partial charge is 0.366 e. The molecule has 0 unspecified atom stereocenters. The second-order valence-electron chi connectivity index (χ2n) is 5.09. The van der Waals surface area contributed by atoms with Gasteiger partial charge in [0.05, 0.1) is 16.9 Å². The van der Waals surface area contributed by atoms with E-state index in [1.165, 1.54) is 18.2 Å². The highest BCUT2D eigenvalue weighted by molar-refractivity contribution is 7.89. The Labute approximate surface area is 138 Å². The zero-order chi connectivity index (χ0) is 17.3. The number of sulfonamides is 1. The topological polar surface area (TPSA) is 130 Å². The number of para-hydroxylation sites is 2. The van der Waals surface area contributed by atoms with Gasteiger partial charge in [-0.15, -0.1) is 0 Å². The molecule has 0 spiro atoms. The molecular formula is C15H14N4O4S. The van der Waals surface area contributed by atoms with Crippen molar-refractivity contribution in [2.75, 3.05) is 10.6 Å². The summed E-state index contributed by atoms with van der Waals surface area (Å²) < 4.78 is 26.7. The van der Waals surface area contributed by atoms with Crippen LogP contribution in [0.4, 0.5) is 11.4 Å². The van der Waals surface area contributed by atoms with Gasteiger partial charge in [-0.05, 0) is 24.3 Å². The molecule has 1 aliphatic heterocycles. The van der Waals surface area contributed by atoms with E-state index in [1.807, 2.05) is 0 Å². The summed E-state index contributed by atoms with van der Waals surface area (Å²) in [6, 6.07) is 12.4. The summed E-state index contributed by atoms with van der Waals surface area (Å²) in [5.41, 5.74) is 5.91. The Balaban J connectivity index is 1.87. The van der Waals surface area contributed by atoms with E-state index in [4.69, 9.17) is 5.73 Å². The van der Waals surface area contributed by atoms with E-state index in [0.717, 1.165) is 0 Å². The fraction of sp³-hybridized carbons (Fsp3) is 0.0667. The van der Waals surface area contributed by atoms with Gasteiger partial charge in [-0.2, -0.15) is 4.72 Å². The van der Waals surface area contributed by atoms with Crippen LogP contribution in [-0.2, 0) is 14.8 Å². The molecule has 0 saturated heterocycles. The van der Waals surface area contributed by atoms with Crippen molar-refractivity contribution >= 4 is 33.2 Å². The van der Waals surface area contributed by atoms with Crippen molar-refractivity contribution in [1.82, 2.24) is 4.72 Å². The van der Waals surface area contributed by atoms with Crippen LogP contribution in [0.1, 0.15) is 10.4 Å². The van der Waals surface area contributed by atoms with E-state index >= 15 is 0 Å². The number of fused-ring (bicyclic) bond motifs is 1. The molecule has 1 heterocycles. The maximum absolute atomic E-state index is 12.4. The van der Waals surface area contributed by atoms with Crippen LogP contribution < -0.4 is 21.1 Å². The molecule has 2 aromatic rings. The standard InChI is InChI=1S/C15H14N4O4S/c16-13(20)9-5-1-2-6-10(9)18-15(21)14-17-11-7-3-4-8-12(11)24(22,23)19-14/h1-8,14,17,19H,(H2,16,20)(H,18,21)/t14-/m1/s1. The lowest BCUT2D eigenvalue weighted by Gasteiger charge is -2.27. The minimum absolute atomic E-state index is 0.0617. The normalized spacial score (nSPS) is 18.1. The highest BCUT2D eigenvalue weighted by Gasteiger charge is 2.33. The van der Waals surface area contributed by atoms with Gasteiger partial charge in [-0.1, -0.05) is 24.3 Å². The van der Waals surface area contributed by atoms with Gasteiger partial charge in [-0.25, -0.2) is 8.42 Å². The molecule has 0 aromatic heterocycles. The molecule has 3 rings (SSSR count). The van der Waals surface area contributed by atoms with E-state index in [1.54, 1.807) is 30.3 Å². The summed E-state index contributed by atoms with van der Waals surface area (Å²) >= 11 is 0. The molecular weight excluding hydrogens is 332 g/mol. The van der Waals surface area contributed by atoms with Gasteiger partial charge >= 0.3 is 0 Å². The molecule has 1 aliphatic rings. The maximum Gasteiger partial charge on any atom is 0.262 e. The average molecular weight is 346 g/mol. The zero-order valence-corrected chi connectivity index (χ0v) is 13.1. The van der Waals surface area contributed by atoms with Crippen LogP contribution in [0.5, 0.6) is 0 Å². The Bertz CT molecular complexity index is 927. The van der Waals surface area contributed by atoms with Crippen LogP contribution in [0, 0.1) is 0 Å². The van der Waals surface area contributed by atoms with Gasteiger partial charge in [0, 0.05) is 0 Å². The first-order chi connectivity index (χ1) is 11.4. The van der Waals surface area contributed by atoms with Crippen molar-refractivity contribution in [3.8, 4) is 0 Å². The van der Waals surface area contributed by atoms with Crippen molar-refractivity contribution in [3.63, 3.8) is 0 Å². The number of benzene rings is 2. The molecule has 0 aliphatic carbocycles. The zero-order valence-electron chi connectivity index (χ0n) is 12.3. The Morgan fingerprint density at radius 1 is 1.04 bits per heavy atom. The van der Waals surface area contributed by atoms with Gasteiger partial charge < -0.3 is 16.4 Å². The minimum Gasteiger partial charge on any atom is -0.366 e. The number of hydrogen-bond donors (Lipinski definition) is 4. The predicted molar refractivity (Wildman–Crippen MR) is 87.8 cm³/mol. The summed E-state index contributed by atoms with van der Waals surface area (Å²) in [5, 5.41) is 5.30. The molecule has 9 heteroatoms. The monoisotopic (exact) mass is 346 g/mol. The molecule has 0 fully saturated rings. The van der Waals surface area contributed by atoms with Crippen LogP contribution in [0.15, 0.2) is 53.4 Å². The second-order valence-corrected chi connectivity index (χ2v) is 6.78. The number of carbonyl (C=O) groups is 2. The SMILES string of the molecule is NC(=O)c1ccccc1NC(=O)[C@@H]1Nc2ccccc2S(=O)(=O)N1. The molecule has 0 radical (unpaired) electrons. The Kier molecular flexibility index (Phi) is 3.96. The molecule has 124 valence electrons. The van der Waals surface area contributed by atoms with Crippen LogP contribution >= 0.6 is 0 Å². The second kappa shape index (κ2) is 5.95. The highest BCUT2D eigenvalue weighted by Crippen LogP contribution is 2.25. The lowest BCUT2D eigenvalue weighted by Crippen LogP contribution is -2.51. The third kappa shape index (κ3) is 2.94. The fourth-order valence-electron chi connectivity index (χ4n) is 2.35. The number of carbonyl (C=O) groups excluding carboxylic acids is 2. The first kappa shape index (κ1) is 16.0. The van der Waals surface area contributed by atoms with E-state index in [0.29, 0.717) is 5.69 Å². The van der Waals surface area contributed by atoms with Crippen LogP contribution in [0.3, 0.4) is 0 Å². The molecule has 5 N–H and O–H groups in total. The van der Waals surface area contributed by atoms with E-state index < -0.39 is 28.0 Å². The lowest BCUT2D eigenvalue weighted by molar-refractivity contribution is -0.117. The summed E-state index contributed by atoms with van der Waals surface area (Å²) in [6.07, 6.45) is -1.22. The van der Waals surface area contributed by atoms with Crippen LogP contribution in [0.2, 0.25) is 0 Å². The number of primary amides is 1.